The summed E-state index contributed by atoms with van der Waals surface area (Å²) in [5.74, 6) is 0.973. The second kappa shape index (κ2) is 7.20. The molecule has 0 aromatic heterocycles. The Kier molecular flexibility index (Phi) is 4.60. The highest BCUT2D eigenvalue weighted by Crippen LogP contribution is 2.34. The molecule has 27 heavy (non-hydrogen) atoms. The Morgan fingerprint density at radius 1 is 0.815 bits per heavy atom. The zero-order valence-electron chi connectivity index (χ0n) is 14.4. The van der Waals surface area contributed by atoms with Crippen LogP contribution in [0.2, 0.25) is 0 Å². The van der Waals surface area contributed by atoms with E-state index in [9.17, 15) is 8.42 Å². The van der Waals surface area contributed by atoms with Gasteiger partial charge in [0.1, 0.15) is 0 Å². The van der Waals surface area contributed by atoms with E-state index in [0.29, 0.717) is 23.7 Å². The van der Waals surface area contributed by atoms with E-state index < -0.39 is 10.0 Å². The van der Waals surface area contributed by atoms with Crippen molar-refractivity contribution >= 4 is 21.4 Å². The fourth-order valence-corrected chi connectivity index (χ4v) is 3.79. The average molecular weight is 382 g/mol. The fourth-order valence-electron chi connectivity index (χ4n) is 2.71. The molecule has 3 aromatic rings. The van der Waals surface area contributed by atoms with Crippen molar-refractivity contribution in [2.75, 3.05) is 16.8 Å². The lowest BCUT2D eigenvalue weighted by molar-refractivity contribution is 0.174. The molecule has 0 spiro atoms. The summed E-state index contributed by atoms with van der Waals surface area (Å²) in [5, 5.41) is 3.30. The Morgan fingerprint density at radius 3 is 2.30 bits per heavy atom. The monoisotopic (exact) mass is 382 g/mol. The van der Waals surface area contributed by atoms with E-state index in [1.54, 1.807) is 18.2 Å². The topological polar surface area (TPSA) is 76.7 Å². The minimum absolute atomic E-state index is 0.101. The van der Waals surface area contributed by atoms with Crippen LogP contribution in [0.4, 0.5) is 11.4 Å². The molecule has 0 unspecified atom stereocenters. The van der Waals surface area contributed by atoms with Gasteiger partial charge in [-0.2, -0.15) is 0 Å². The maximum atomic E-state index is 12.6. The zero-order chi connectivity index (χ0) is 18.7. The van der Waals surface area contributed by atoms with Crippen LogP contribution in [0.25, 0.3) is 0 Å². The minimum atomic E-state index is -3.71. The van der Waals surface area contributed by atoms with E-state index in [1.807, 2.05) is 42.5 Å². The van der Waals surface area contributed by atoms with Crippen molar-refractivity contribution in [3.8, 4) is 11.5 Å². The van der Waals surface area contributed by atoms with Gasteiger partial charge in [-0.05, 0) is 42.0 Å². The third-order valence-corrected chi connectivity index (χ3v) is 5.51. The molecule has 3 aromatic carbocycles. The molecule has 0 aliphatic carbocycles. The molecule has 0 fully saturated rings. The van der Waals surface area contributed by atoms with Gasteiger partial charge in [-0.3, -0.25) is 4.72 Å². The predicted octanol–water partition coefficient (Wildman–Crippen LogP) is 3.83. The van der Waals surface area contributed by atoms with Crippen LogP contribution in [0.1, 0.15) is 5.56 Å². The summed E-state index contributed by atoms with van der Waals surface area (Å²) in [6.45, 7) is 0.798. The molecule has 7 heteroatoms. The largest absolute Gasteiger partial charge is 0.454 e. The zero-order valence-corrected chi connectivity index (χ0v) is 15.2. The highest BCUT2D eigenvalue weighted by molar-refractivity contribution is 7.92. The van der Waals surface area contributed by atoms with Crippen LogP contribution in [0.15, 0.2) is 77.7 Å². The van der Waals surface area contributed by atoms with Gasteiger partial charge >= 0.3 is 0 Å². The maximum Gasteiger partial charge on any atom is 0.262 e. The lowest BCUT2D eigenvalue weighted by Crippen LogP contribution is -2.12. The van der Waals surface area contributed by atoms with Crippen LogP contribution in [0.5, 0.6) is 11.5 Å². The minimum Gasteiger partial charge on any atom is -0.454 e. The first-order chi connectivity index (χ1) is 13.1. The van der Waals surface area contributed by atoms with E-state index in [-0.39, 0.29) is 11.7 Å². The molecule has 0 radical (unpaired) electrons. The summed E-state index contributed by atoms with van der Waals surface area (Å²) >= 11 is 0. The smallest absolute Gasteiger partial charge is 0.262 e. The van der Waals surface area contributed by atoms with Crippen molar-refractivity contribution < 1.29 is 17.9 Å². The molecule has 138 valence electrons. The van der Waals surface area contributed by atoms with Gasteiger partial charge in [0.2, 0.25) is 6.79 Å². The van der Waals surface area contributed by atoms with E-state index in [4.69, 9.17) is 9.47 Å². The van der Waals surface area contributed by atoms with Crippen LogP contribution in [0.3, 0.4) is 0 Å². The summed E-state index contributed by atoms with van der Waals surface area (Å²) in [5.41, 5.74) is 2.56. The second-order valence-corrected chi connectivity index (χ2v) is 7.72. The first-order valence-electron chi connectivity index (χ1n) is 8.40. The fraction of sp³-hybridized carbons (Fsp3) is 0.100. The number of anilines is 2. The van der Waals surface area contributed by atoms with Gasteiger partial charge in [-0.15, -0.1) is 0 Å². The number of hydrogen-bond acceptors (Lipinski definition) is 5. The van der Waals surface area contributed by atoms with Crippen molar-refractivity contribution in [1.29, 1.82) is 0 Å². The first-order valence-corrected chi connectivity index (χ1v) is 9.89. The molecule has 6 nitrogen and oxygen atoms in total. The van der Waals surface area contributed by atoms with Gasteiger partial charge in [0.25, 0.3) is 10.0 Å². The molecule has 0 bridgehead atoms. The first kappa shape index (κ1) is 17.2. The molecule has 0 atom stereocenters. The van der Waals surface area contributed by atoms with Gasteiger partial charge in [-0.1, -0.05) is 30.3 Å². The van der Waals surface area contributed by atoms with Crippen LogP contribution >= 0.6 is 0 Å². The summed E-state index contributed by atoms with van der Waals surface area (Å²) in [6.07, 6.45) is 0. The van der Waals surface area contributed by atoms with Crippen molar-refractivity contribution in [3.63, 3.8) is 0 Å². The molecule has 1 heterocycles. The van der Waals surface area contributed by atoms with Gasteiger partial charge < -0.3 is 14.8 Å². The normalized spacial score (nSPS) is 12.6. The molecule has 0 amide bonds. The lowest BCUT2D eigenvalue weighted by atomic mass is 10.2. The van der Waals surface area contributed by atoms with Gasteiger partial charge in [0.15, 0.2) is 11.5 Å². The average Bonchev–Trinajstić information content (AvgIpc) is 3.16. The van der Waals surface area contributed by atoms with Gasteiger partial charge in [-0.25, -0.2) is 8.42 Å². The Bertz CT molecular complexity index is 1040. The van der Waals surface area contributed by atoms with Crippen molar-refractivity contribution in [2.45, 2.75) is 11.4 Å². The summed E-state index contributed by atoms with van der Waals surface area (Å²) in [7, 11) is -3.71. The quantitative estimate of drug-likeness (QED) is 0.678. The molecule has 2 N–H and O–H groups in total. The number of ether oxygens (including phenoxy) is 2. The van der Waals surface area contributed by atoms with Crippen molar-refractivity contribution in [2.24, 2.45) is 0 Å². The molecule has 0 saturated heterocycles. The van der Waals surface area contributed by atoms with Crippen molar-refractivity contribution in [1.82, 2.24) is 0 Å². The van der Waals surface area contributed by atoms with Crippen LogP contribution in [-0.2, 0) is 16.6 Å². The summed E-state index contributed by atoms with van der Waals surface area (Å²) < 4.78 is 38.2. The van der Waals surface area contributed by atoms with Gasteiger partial charge in [0, 0.05) is 24.0 Å². The Balaban J connectivity index is 1.43. The Morgan fingerprint density at radius 2 is 1.52 bits per heavy atom. The third-order valence-electron chi connectivity index (χ3n) is 4.13. The van der Waals surface area contributed by atoms with E-state index in [1.165, 1.54) is 17.7 Å². The summed E-state index contributed by atoms with van der Waals surface area (Å²) in [6, 6.07) is 21.7. The number of hydrogen-bond donors (Lipinski definition) is 2. The molecule has 1 aliphatic heterocycles. The predicted molar refractivity (Wildman–Crippen MR) is 104 cm³/mol. The number of nitrogens with one attached hydrogen (secondary N) is 2. The summed E-state index contributed by atoms with van der Waals surface area (Å²) in [4.78, 5) is 0.123. The Hall–Kier alpha value is -3.19. The molecule has 0 saturated carbocycles. The highest BCUT2D eigenvalue weighted by atomic mass is 32.2. The van der Waals surface area contributed by atoms with Crippen LogP contribution < -0.4 is 19.5 Å². The molecular formula is C20H18N2O4S. The molecule has 1 aliphatic rings. The van der Waals surface area contributed by atoms with E-state index >= 15 is 0 Å². The number of sulfonamides is 1. The highest BCUT2D eigenvalue weighted by Gasteiger charge is 2.20. The number of rotatable bonds is 6. The van der Waals surface area contributed by atoms with Gasteiger partial charge in [0.05, 0.1) is 4.90 Å². The Labute approximate surface area is 157 Å². The SMILES string of the molecule is O=S(=O)(Nc1ccc(NCc2ccccc2)cc1)c1ccc2c(c1)OCO2. The third kappa shape index (κ3) is 3.98. The number of fused-ring (bicyclic) bond motifs is 1. The molecular weight excluding hydrogens is 364 g/mol. The standard InChI is InChI=1S/C20H18N2O4S/c23-27(24,18-10-11-19-20(12-18)26-14-25-19)22-17-8-6-16(7-9-17)21-13-15-4-2-1-3-5-15/h1-12,21-22H,13-14H2. The van der Waals surface area contributed by atoms with Crippen molar-refractivity contribution in [3.05, 3.63) is 78.4 Å². The maximum absolute atomic E-state index is 12.6. The van der Waals surface area contributed by atoms with E-state index in [0.717, 1.165) is 5.69 Å². The lowest BCUT2D eigenvalue weighted by Gasteiger charge is -2.10. The van der Waals surface area contributed by atoms with E-state index in [2.05, 4.69) is 10.0 Å². The second-order valence-electron chi connectivity index (χ2n) is 6.04. The molecule has 4 rings (SSSR count). The number of benzene rings is 3. The van der Waals surface area contributed by atoms with Crippen LogP contribution in [-0.4, -0.2) is 15.2 Å². The van der Waals surface area contributed by atoms with Crippen LogP contribution in [0, 0.1) is 0 Å².